The van der Waals surface area contributed by atoms with Crippen molar-refractivity contribution >= 4 is 23.6 Å². The van der Waals surface area contributed by atoms with Crippen LogP contribution in [0.4, 0.5) is 0 Å². The van der Waals surface area contributed by atoms with Crippen LogP contribution in [0, 0.1) is 6.92 Å². The fourth-order valence-electron chi connectivity index (χ4n) is 2.42. The average molecular weight is 385 g/mol. The second kappa shape index (κ2) is 8.54. The van der Waals surface area contributed by atoms with E-state index in [1.54, 1.807) is 6.26 Å². The summed E-state index contributed by atoms with van der Waals surface area (Å²) in [6.45, 7) is 3.78. The van der Waals surface area contributed by atoms with E-state index in [9.17, 15) is 9.59 Å². The van der Waals surface area contributed by atoms with Crippen molar-refractivity contribution < 1.29 is 14.0 Å². The van der Waals surface area contributed by atoms with Gasteiger partial charge in [-0.25, -0.2) is 0 Å². The Kier molecular flexibility index (Phi) is 5.92. The van der Waals surface area contributed by atoms with E-state index in [-0.39, 0.29) is 17.6 Å². The maximum Gasteiger partial charge on any atom is 0.248 e. The highest BCUT2D eigenvalue weighted by molar-refractivity contribution is 7.99. The summed E-state index contributed by atoms with van der Waals surface area (Å²) in [7, 11) is 0. The summed E-state index contributed by atoms with van der Waals surface area (Å²) < 4.78 is 7.36. The molecule has 3 rings (SSSR count). The second-order valence-corrected chi connectivity index (χ2v) is 6.80. The Labute approximate surface area is 160 Å². The van der Waals surface area contributed by atoms with Crippen molar-refractivity contribution in [3.8, 4) is 11.4 Å². The number of benzene rings is 1. The van der Waals surface area contributed by atoms with Crippen molar-refractivity contribution in [1.29, 1.82) is 0 Å². The first kappa shape index (κ1) is 18.7. The van der Waals surface area contributed by atoms with E-state index in [1.165, 1.54) is 18.7 Å². The van der Waals surface area contributed by atoms with Gasteiger partial charge in [-0.05, 0) is 25.1 Å². The lowest BCUT2D eigenvalue weighted by molar-refractivity contribution is -0.126. The summed E-state index contributed by atoms with van der Waals surface area (Å²) >= 11 is 1.23. The molecule has 0 aliphatic rings. The van der Waals surface area contributed by atoms with Crippen molar-refractivity contribution in [2.45, 2.75) is 25.5 Å². The third-order valence-corrected chi connectivity index (χ3v) is 4.56. The molecule has 2 heterocycles. The molecular formula is C18H19N5O3S. The minimum atomic E-state index is -0.337. The van der Waals surface area contributed by atoms with Gasteiger partial charge in [0.2, 0.25) is 11.8 Å². The Balaban J connectivity index is 1.83. The molecule has 2 aromatic heterocycles. The number of carbonyl (C=O) groups is 2. The molecule has 3 aromatic rings. The van der Waals surface area contributed by atoms with Crippen LogP contribution in [0.15, 0.2) is 52.2 Å². The summed E-state index contributed by atoms with van der Waals surface area (Å²) in [6.07, 6.45) is 1.61. The number of thioether (sulfide) groups is 1. The van der Waals surface area contributed by atoms with Gasteiger partial charge in [0.1, 0.15) is 5.76 Å². The SMILES string of the molecule is CC(=O)NNC(=O)CSc1nnc(-c2cccc(C)c2)n1Cc1ccco1. The van der Waals surface area contributed by atoms with E-state index in [2.05, 4.69) is 21.0 Å². The number of hydrazine groups is 1. The molecule has 8 nitrogen and oxygen atoms in total. The Morgan fingerprint density at radius 2 is 2.04 bits per heavy atom. The van der Waals surface area contributed by atoms with E-state index in [4.69, 9.17) is 4.42 Å². The van der Waals surface area contributed by atoms with E-state index < -0.39 is 0 Å². The fourth-order valence-corrected chi connectivity index (χ4v) is 3.16. The highest BCUT2D eigenvalue weighted by Gasteiger charge is 2.17. The number of furan rings is 1. The molecule has 0 atom stereocenters. The van der Waals surface area contributed by atoms with Gasteiger partial charge in [0.25, 0.3) is 0 Å². The zero-order chi connectivity index (χ0) is 19.2. The van der Waals surface area contributed by atoms with Crippen molar-refractivity contribution in [1.82, 2.24) is 25.6 Å². The molecule has 27 heavy (non-hydrogen) atoms. The lowest BCUT2D eigenvalue weighted by Gasteiger charge is -2.09. The summed E-state index contributed by atoms with van der Waals surface area (Å²) in [5, 5.41) is 9.13. The van der Waals surface area contributed by atoms with E-state index >= 15 is 0 Å². The number of carbonyl (C=O) groups excluding carboxylic acids is 2. The van der Waals surface area contributed by atoms with Crippen LogP contribution in [0.2, 0.25) is 0 Å². The predicted molar refractivity (Wildman–Crippen MR) is 101 cm³/mol. The minimum Gasteiger partial charge on any atom is -0.467 e. The minimum absolute atomic E-state index is 0.0877. The van der Waals surface area contributed by atoms with Gasteiger partial charge in [-0.2, -0.15) is 0 Å². The maximum absolute atomic E-state index is 11.8. The number of amides is 2. The van der Waals surface area contributed by atoms with Crippen LogP contribution in [-0.4, -0.2) is 32.3 Å². The molecule has 0 bridgehead atoms. The van der Waals surface area contributed by atoms with Crippen molar-refractivity contribution in [3.05, 3.63) is 54.0 Å². The van der Waals surface area contributed by atoms with Gasteiger partial charge in [-0.3, -0.25) is 25.0 Å². The summed E-state index contributed by atoms with van der Waals surface area (Å²) in [6, 6.07) is 11.7. The molecular weight excluding hydrogens is 366 g/mol. The molecule has 9 heteroatoms. The first-order valence-corrected chi connectivity index (χ1v) is 9.22. The Morgan fingerprint density at radius 3 is 2.74 bits per heavy atom. The smallest absolute Gasteiger partial charge is 0.248 e. The predicted octanol–water partition coefficient (Wildman–Crippen LogP) is 2.15. The Bertz CT molecular complexity index is 936. The van der Waals surface area contributed by atoms with Crippen LogP contribution in [0.1, 0.15) is 18.2 Å². The standard InChI is InChI=1S/C18H19N5O3S/c1-12-5-3-6-14(9-12)17-21-22-18(23(17)10-15-7-4-8-26-15)27-11-16(25)20-19-13(2)24/h3-9H,10-11H2,1-2H3,(H,19,24)(H,20,25). The van der Waals surface area contributed by atoms with Crippen LogP contribution < -0.4 is 10.9 Å². The molecule has 0 saturated carbocycles. The topological polar surface area (TPSA) is 102 Å². The molecule has 2 amide bonds. The van der Waals surface area contributed by atoms with E-state index in [0.29, 0.717) is 17.5 Å². The molecule has 0 fully saturated rings. The Morgan fingerprint density at radius 1 is 1.19 bits per heavy atom. The highest BCUT2D eigenvalue weighted by atomic mass is 32.2. The first-order chi connectivity index (χ1) is 13.0. The van der Waals surface area contributed by atoms with Crippen LogP contribution in [0.25, 0.3) is 11.4 Å². The first-order valence-electron chi connectivity index (χ1n) is 8.24. The van der Waals surface area contributed by atoms with Crippen LogP contribution in [0.3, 0.4) is 0 Å². The number of aromatic nitrogens is 3. The van der Waals surface area contributed by atoms with Gasteiger partial charge in [-0.1, -0.05) is 35.5 Å². The largest absolute Gasteiger partial charge is 0.467 e. The normalized spacial score (nSPS) is 10.6. The van der Waals surface area contributed by atoms with Crippen LogP contribution in [-0.2, 0) is 16.1 Å². The van der Waals surface area contributed by atoms with Crippen LogP contribution >= 0.6 is 11.8 Å². The van der Waals surface area contributed by atoms with E-state index in [0.717, 1.165) is 16.9 Å². The average Bonchev–Trinajstić information content (AvgIpc) is 3.28. The third kappa shape index (κ3) is 4.98. The van der Waals surface area contributed by atoms with Gasteiger partial charge >= 0.3 is 0 Å². The third-order valence-electron chi connectivity index (χ3n) is 3.60. The van der Waals surface area contributed by atoms with Crippen molar-refractivity contribution in [2.24, 2.45) is 0 Å². The molecule has 0 saturated heterocycles. The zero-order valence-corrected chi connectivity index (χ0v) is 15.7. The maximum atomic E-state index is 11.8. The van der Waals surface area contributed by atoms with Gasteiger partial charge in [0.05, 0.1) is 18.6 Å². The molecule has 0 spiro atoms. The number of hydrogen-bond donors (Lipinski definition) is 2. The quantitative estimate of drug-likeness (QED) is 0.498. The fraction of sp³-hybridized carbons (Fsp3) is 0.222. The van der Waals surface area contributed by atoms with Gasteiger partial charge in [-0.15, -0.1) is 10.2 Å². The second-order valence-electron chi connectivity index (χ2n) is 5.86. The molecule has 0 radical (unpaired) electrons. The molecule has 2 N–H and O–H groups in total. The summed E-state index contributed by atoms with van der Waals surface area (Å²) in [4.78, 5) is 22.7. The highest BCUT2D eigenvalue weighted by Crippen LogP contribution is 2.25. The number of rotatable bonds is 6. The van der Waals surface area contributed by atoms with Gasteiger partial charge in [0, 0.05) is 12.5 Å². The Hall–Kier alpha value is -3.07. The molecule has 0 aliphatic carbocycles. The number of nitrogens with one attached hydrogen (secondary N) is 2. The number of hydrogen-bond acceptors (Lipinski definition) is 6. The van der Waals surface area contributed by atoms with Gasteiger partial charge < -0.3 is 4.42 Å². The lowest BCUT2D eigenvalue weighted by atomic mass is 10.1. The summed E-state index contributed by atoms with van der Waals surface area (Å²) in [5.41, 5.74) is 6.64. The molecule has 1 aromatic carbocycles. The van der Waals surface area contributed by atoms with Crippen molar-refractivity contribution in [3.63, 3.8) is 0 Å². The van der Waals surface area contributed by atoms with Gasteiger partial charge in [0.15, 0.2) is 11.0 Å². The number of nitrogens with zero attached hydrogens (tertiary/aromatic N) is 3. The lowest BCUT2D eigenvalue weighted by Crippen LogP contribution is -2.41. The van der Waals surface area contributed by atoms with Crippen molar-refractivity contribution in [2.75, 3.05) is 5.75 Å². The number of aryl methyl sites for hydroxylation is 1. The molecule has 0 unspecified atom stereocenters. The zero-order valence-electron chi connectivity index (χ0n) is 14.9. The molecule has 0 aliphatic heterocycles. The monoisotopic (exact) mass is 385 g/mol. The molecule has 140 valence electrons. The van der Waals surface area contributed by atoms with Crippen LogP contribution in [0.5, 0.6) is 0 Å². The summed E-state index contributed by atoms with van der Waals surface area (Å²) in [5.74, 6) is 0.869. The van der Waals surface area contributed by atoms with E-state index in [1.807, 2.05) is 47.9 Å².